The summed E-state index contributed by atoms with van der Waals surface area (Å²) in [6, 6.07) is 19.3. The number of hydrogen-bond donors (Lipinski definition) is 1. The molecule has 140 valence electrons. The van der Waals surface area contributed by atoms with Gasteiger partial charge in [-0.15, -0.1) is 11.3 Å². The zero-order valence-electron chi connectivity index (χ0n) is 15.9. The molecule has 2 heterocycles. The lowest BCUT2D eigenvalue weighted by Crippen LogP contribution is -2.33. The van der Waals surface area contributed by atoms with Gasteiger partial charge in [-0.1, -0.05) is 42.5 Å². The van der Waals surface area contributed by atoms with Crippen LogP contribution in [0.2, 0.25) is 0 Å². The third-order valence-corrected chi connectivity index (χ3v) is 6.65. The number of allylic oxidation sites excluding steroid dienone is 1. The van der Waals surface area contributed by atoms with Gasteiger partial charge in [0.1, 0.15) is 5.76 Å². The minimum absolute atomic E-state index is 0.445. The first-order chi connectivity index (χ1) is 13.2. The summed E-state index contributed by atoms with van der Waals surface area (Å²) in [4.78, 5) is 3.53. The van der Waals surface area contributed by atoms with E-state index in [9.17, 15) is 5.11 Å². The fraction of sp³-hybridized carbons (Fsp3) is 0.333. The van der Waals surface area contributed by atoms with Gasteiger partial charge in [-0.2, -0.15) is 0 Å². The Balaban J connectivity index is 1.31. The van der Waals surface area contributed by atoms with E-state index >= 15 is 0 Å². The van der Waals surface area contributed by atoms with Crippen molar-refractivity contribution in [2.45, 2.75) is 32.7 Å². The molecule has 0 amide bonds. The fourth-order valence-electron chi connectivity index (χ4n) is 3.87. The van der Waals surface area contributed by atoms with Crippen LogP contribution in [-0.4, -0.2) is 23.1 Å². The van der Waals surface area contributed by atoms with Crippen LogP contribution in [0.1, 0.15) is 35.3 Å². The molecule has 3 aromatic rings. The maximum Gasteiger partial charge on any atom is 0.128 e. The predicted molar refractivity (Wildman–Crippen MR) is 116 cm³/mol. The van der Waals surface area contributed by atoms with Gasteiger partial charge in [0.2, 0.25) is 0 Å². The van der Waals surface area contributed by atoms with Crippen molar-refractivity contribution in [3.05, 3.63) is 76.7 Å². The van der Waals surface area contributed by atoms with Gasteiger partial charge in [-0.25, -0.2) is 0 Å². The molecule has 3 heteroatoms. The van der Waals surface area contributed by atoms with Gasteiger partial charge in [-0.05, 0) is 79.9 Å². The molecule has 1 N–H and O–H groups in total. The zero-order valence-corrected chi connectivity index (χ0v) is 16.7. The Morgan fingerprint density at radius 1 is 1.11 bits per heavy atom. The normalized spacial score (nSPS) is 16.9. The molecule has 27 heavy (non-hydrogen) atoms. The third-order valence-electron chi connectivity index (χ3n) is 5.53. The molecule has 0 spiro atoms. The van der Waals surface area contributed by atoms with Gasteiger partial charge in [0.05, 0.1) is 4.88 Å². The smallest absolute Gasteiger partial charge is 0.128 e. The summed E-state index contributed by atoms with van der Waals surface area (Å²) in [6.45, 7) is 5.46. The van der Waals surface area contributed by atoms with Crippen LogP contribution < -0.4 is 0 Å². The number of aliphatic hydroxyl groups excluding tert-OH is 1. The van der Waals surface area contributed by atoms with Crippen molar-refractivity contribution in [1.29, 1.82) is 0 Å². The quantitative estimate of drug-likeness (QED) is 0.519. The molecule has 1 aromatic heterocycles. The Kier molecular flexibility index (Phi) is 5.61. The Morgan fingerprint density at radius 3 is 2.67 bits per heavy atom. The van der Waals surface area contributed by atoms with E-state index in [2.05, 4.69) is 66.4 Å². The molecule has 2 nitrogen and oxygen atoms in total. The highest BCUT2D eigenvalue weighted by Gasteiger charge is 2.19. The van der Waals surface area contributed by atoms with Crippen LogP contribution >= 0.6 is 11.3 Å². The Hall–Kier alpha value is -2.10. The highest BCUT2D eigenvalue weighted by molar-refractivity contribution is 7.20. The van der Waals surface area contributed by atoms with Crippen LogP contribution in [0.3, 0.4) is 0 Å². The van der Waals surface area contributed by atoms with Crippen molar-refractivity contribution in [3.63, 3.8) is 0 Å². The summed E-state index contributed by atoms with van der Waals surface area (Å²) >= 11 is 1.68. The predicted octanol–water partition coefficient (Wildman–Crippen LogP) is 6.41. The van der Waals surface area contributed by atoms with E-state index in [4.69, 9.17) is 0 Å². The number of benzene rings is 2. The summed E-state index contributed by atoms with van der Waals surface area (Å²) < 4.78 is 1.25. The number of likely N-dealkylation sites (tertiary alicyclic amines) is 1. The first-order valence-corrected chi connectivity index (χ1v) is 10.6. The number of rotatable bonds is 5. The number of aliphatic hydroxyl groups is 1. The van der Waals surface area contributed by atoms with E-state index in [1.807, 2.05) is 6.08 Å². The van der Waals surface area contributed by atoms with Crippen molar-refractivity contribution in [2.24, 2.45) is 5.92 Å². The number of aryl methyl sites for hydroxylation is 1. The van der Waals surface area contributed by atoms with Gasteiger partial charge in [0.15, 0.2) is 0 Å². The lowest BCUT2D eigenvalue weighted by molar-refractivity contribution is 0.178. The second kappa shape index (κ2) is 8.28. The summed E-state index contributed by atoms with van der Waals surface area (Å²) in [6.07, 6.45) is 5.43. The summed E-state index contributed by atoms with van der Waals surface area (Å²) in [5.74, 6) is 1.12. The molecule has 0 atom stereocenters. The minimum Gasteiger partial charge on any atom is -0.507 e. The van der Waals surface area contributed by atoms with Crippen molar-refractivity contribution < 1.29 is 5.11 Å². The Labute approximate surface area is 165 Å². The van der Waals surface area contributed by atoms with Gasteiger partial charge in [-0.3, -0.25) is 4.90 Å². The fourth-order valence-corrected chi connectivity index (χ4v) is 4.97. The van der Waals surface area contributed by atoms with Gasteiger partial charge >= 0.3 is 0 Å². The molecule has 1 saturated heterocycles. The highest BCUT2D eigenvalue weighted by atomic mass is 32.1. The van der Waals surface area contributed by atoms with E-state index in [1.54, 1.807) is 11.3 Å². The van der Waals surface area contributed by atoms with Crippen molar-refractivity contribution in [3.8, 4) is 0 Å². The van der Waals surface area contributed by atoms with Gasteiger partial charge in [0.25, 0.3) is 0 Å². The van der Waals surface area contributed by atoms with Crippen LogP contribution in [0.25, 0.3) is 15.8 Å². The van der Waals surface area contributed by atoms with Crippen LogP contribution in [0.15, 0.2) is 60.7 Å². The minimum atomic E-state index is 0.445. The van der Waals surface area contributed by atoms with Crippen molar-refractivity contribution in [2.75, 3.05) is 13.1 Å². The van der Waals surface area contributed by atoms with E-state index < -0.39 is 0 Å². The first kappa shape index (κ1) is 18.3. The largest absolute Gasteiger partial charge is 0.507 e. The van der Waals surface area contributed by atoms with Gasteiger partial charge < -0.3 is 5.11 Å². The number of nitrogens with zero attached hydrogens (tertiary/aromatic N) is 1. The summed E-state index contributed by atoms with van der Waals surface area (Å²) in [7, 11) is 0. The lowest BCUT2D eigenvalue weighted by Gasteiger charge is -2.31. The Morgan fingerprint density at radius 2 is 1.89 bits per heavy atom. The van der Waals surface area contributed by atoms with Crippen LogP contribution in [0.4, 0.5) is 0 Å². The molecule has 0 bridgehead atoms. The molecule has 0 saturated carbocycles. The molecule has 0 radical (unpaired) electrons. The average Bonchev–Trinajstić information content (AvgIpc) is 3.11. The zero-order chi connectivity index (χ0) is 18.6. The number of hydrogen-bond acceptors (Lipinski definition) is 3. The van der Waals surface area contributed by atoms with Crippen LogP contribution in [0, 0.1) is 12.8 Å². The molecular formula is C24H27NOS. The topological polar surface area (TPSA) is 23.5 Å². The maximum atomic E-state index is 10.5. The van der Waals surface area contributed by atoms with E-state index in [-0.39, 0.29) is 0 Å². The van der Waals surface area contributed by atoms with Crippen LogP contribution in [-0.2, 0) is 6.54 Å². The lowest BCUT2D eigenvalue weighted by atomic mass is 9.93. The molecule has 0 unspecified atom stereocenters. The SMILES string of the molecule is Cc1ccc2cc(C(O)=CCC3CCN(Cc4ccccc4)CC3)sc2c1. The molecule has 4 rings (SSSR count). The van der Waals surface area contributed by atoms with E-state index in [0.717, 1.165) is 30.9 Å². The Bertz CT molecular complexity index is 920. The number of thiophene rings is 1. The summed E-state index contributed by atoms with van der Waals surface area (Å²) in [5.41, 5.74) is 2.66. The summed E-state index contributed by atoms with van der Waals surface area (Å²) in [5, 5.41) is 11.7. The maximum absolute atomic E-state index is 10.5. The molecule has 0 aliphatic carbocycles. The first-order valence-electron chi connectivity index (χ1n) is 9.83. The molecule has 1 aliphatic rings. The molecule has 2 aromatic carbocycles. The second-order valence-corrected chi connectivity index (χ2v) is 8.77. The molecule has 1 fully saturated rings. The van der Waals surface area contributed by atoms with Crippen LogP contribution in [0.5, 0.6) is 0 Å². The van der Waals surface area contributed by atoms with E-state index in [1.165, 1.54) is 34.1 Å². The third kappa shape index (κ3) is 4.60. The molecular weight excluding hydrogens is 350 g/mol. The second-order valence-electron chi connectivity index (χ2n) is 7.68. The number of piperidine rings is 1. The average molecular weight is 378 g/mol. The van der Waals surface area contributed by atoms with E-state index in [0.29, 0.717) is 11.7 Å². The van der Waals surface area contributed by atoms with Crippen molar-refractivity contribution >= 4 is 27.2 Å². The highest BCUT2D eigenvalue weighted by Crippen LogP contribution is 2.31. The molecule has 1 aliphatic heterocycles. The van der Waals surface area contributed by atoms with Crippen molar-refractivity contribution in [1.82, 2.24) is 4.90 Å². The standard InChI is InChI=1S/C24H27NOS/c1-18-7-9-21-16-24(27-23(21)15-18)22(26)10-8-19-11-13-25(14-12-19)17-20-5-3-2-4-6-20/h2-7,9-10,15-16,19,26H,8,11-14,17H2,1H3. The monoisotopic (exact) mass is 377 g/mol. The number of fused-ring (bicyclic) bond motifs is 1. The van der Waals surface area contributed by atoms with Gasteiger partial charge in [0, 0.05) is 11.2 Å².